The molecule has 0 saturated heterocycles. The number of nitrogens with one attached hydrogen (secondary N) is 1. The van der Waals surface area contributed by atoms with Crippen molar-refractivity contribution < 1.29 is 0 Å². The van der Waals surface area contributed by atoms with E-state index in [4.69, 9.17) is 0 Å². The van der Waals surface area contributed by atoms with Crippen LogP contribution in [0.15, 0.2) is 47.1 Å². The molecule has 1 N–H and O–H groups in total. The summed E-state index contributed by atoms with van der Waals surface area (Å²) >= 11 is 1.58. The minimum atomic E-state index is -0.0324. The number of rotatable bonds is 4. The Morgan fingerprint density at radius 2 is 2.35 bits per heavy atom. The number of hydrogen-bond donors (Lipinski definition) is 1. The van der Waals surface area contributed by atoms with Gasteiger partial charge in [-0.2, -0.15) is 0 Å². The lowest BCUT2D eigenvalue weighted by Crippen LogP contribution is -2.25. The number of pyridine rings is 1. The molecular formula is C17H18N4OS. The highest BCUT2D eigenvalue weighted by Crippen LogP contribution is 2.41. The summed E-state index contributed by atoms with van der Waals surface area (Å²) in [5, 5.41) is 4.24. The summed E-state index contributed by atoms with van der Waals surface area (Å²) in [6.45, 7) is 8.38. The van der Waals surface area contributed by atoms with Gasteiger partial charge in [-0.05, 0) is 26.0 Å². The highest BCUT2D eigenvalue weighted by molar-refractivity contribution is 7.98. The van der Waals surface area contributed by atoms with E-state index in [1.807, 2.05) is 19.9 Å². The molecule has 118 valence electrons. The molecule has 6 heteroatoms. The molecule has 2 aromatic heterocycles. The topological polar surface area (TPSA) is 59.8 Å². The van der Waals surface area contributed by atoms with Gasteiger partial charge in [0.25, 0.3) is 5.56 Å². The van der Waals surface area contributed by atoms with E-state index >= 15 is 0 Å². The zero-order chi connectivity index (χ0) is 16.4. The Morgan fingerprint density at radius 1 is 1.52 bits per heavy atom. The van der Waals surface area contributed by atoms with Crippen LogP contribution in [-0.4, -0.2) is 21.1 Å². The molecule has 1 aliphatic heterocycles. The van der Waals surface area contributed by atoms with Crippen LogP contribution in [-0.2, 0) is 5.75 Å². The molecule has 23 heavy (non-hydrogen) atoms. The fourth-order valence-corrected chi connectivity index (χ4v) is 3.63. The van der Waals surface area contributed by atoms with E-state index in [1.165, 1.54) is 0 Å². The summed E-state index contributed by atoms with van der Waals surface area (Å²) in [7, 11) is 0. The summed E-state index contributed by atoms with van der Waals surface area (Å²) < 4.78 is 1.56. The molecule has 0 atom stereocenters. The summed E-state index contributed by atoms with van der Waals surface area (Å²) in [6, 6.07) is 1.92. The number of thioether (sulfide) groups is 1. The van der Waals surface area contributed by atoms with Crippen molar-refractivity contribution in [2.24, 2.45) is 0 Å². The minimum absolute atomic E-state index is 0.0324. The molecule has 0 aromatic carbocycles. The van der Waals surface area contributed by atoms with E-state index in [9.17, 15) is 4.79 Å². The maximum atomic E-state index is 12.8. The third-order valence-corrected chi connectivity index (χ3v) is 4.69. The fourth-order valence-electron chi connectivity index (χ4n) is 2.60. The lowest BCUT2D eigenvalue weighted by molar-refractivity contribution is 0.920. The second-order valence-electron chi connectivity index (χ2n) is 5.15. The van der Waals surface area contributed by atoms with Crippen LogP contribution in [0, 0.1) is 0 Å². The van der Waals surface area contributed by atoms with Gasteiger partial charge < -0.3 is 5.32 Å². The van der Waals surface area contributed by atoms with Crippen molar-refractivity contribution in [2.75, 3.05) is 11.9 Å². The maximum Gasteiger partial charge on any atom is 0.262 e. The standard InChI is InChI=1S/C17H18N4OS/c1-4-6-11(3)21-10-20-15-12(17(21)22)9-23-16-14(15)13(18-5-2)7-8-19-16/h4,6-8,10H,1,5,9H2,2-3H3,(H,18,19)/b11-6+. The van der Waals surface area contributed by atoms with Crippen molar-refractivity contribution in [3.05, 3.63) is 53.2 Å². The number of allylic oxidation sites excluding steroid dienone is 3. The van der Waals surface area contributed by atoms with Crippen LogP contribution in [0.4, 0.5) is 5.69 Å². The van der Waals surface area contributed by atoms with E-state index in [-0.39, 0.29) is 5.56 Å². The first-order valence-corrected chi connectivity index (χ1v) is 8.42. The number of nitrogens with zero attached hydrogens (tertiary/aromatic N) is 3. The number of hydrogen-bond acceptors (Lipinski definition) is 5. The first-order chi connectivity index (χ1) is 11.2. The minimum Gasteiger partial charge on any atom is -0.385 e. The highest BCUT2D eigenvalue weighted by Gasteiger charge is 2.25. The maximum absolute atomic E-state index is 12.8. The van der Waals surface area contributed by atoms with E-state index < -0.39 is 0 Å². The van der Waals surface area contributed by atoms with Crippen LogP contribution in [0.1, 0.15) is 19.4 Å². The Hall–Kier alpha value is -2.34. The average molecular weight is 326 g/mol. The van der Waals surface area contributed by atoms with Gasteiger partial charge in [0.2, 0.25) is 0 Å². The summed E-state index contributed by atoms with van der Waals surface area (Å²) in [4.78, 5) is 21.8. The quantitative estimate of drug-likeness (QED) is 0.873. The molecule has 0 amide bonds. The third-order valence-electron chi connectivity index (χ3n) is 3.68. The number of anilines is 1. The van der Waals surface area contributed by atoms with Crippen molar-refractivity contribution in [1.29, 1.82) is 0 Å². The largest absolute Gasteiger partial charge is 0.385 e. The lowest BCUT2D eigenvalue weighted by Gasteiger charge is -2.21. The third kappa shape index (κ3) is 2.70. The van der Waals surface area contributed by atoms with Gasteiger partial charge in [-0.25, -0.2) is 9.97 Å². The van der Waals surface area contributed by atoms with Gasteiger partial charge in [-0.3, -0.25) is 9.36 Å². The normalized spacial score (nSPS) is 13.2. The van der Waals surface area contributed by atoms with Crippen LogP contribution in [0.5, 0.6) is 0 Å². The zero-order valence-electron chi connectivity index (χ0n) is 13.2. The molecule has 0 unspecified atom stereocenters. The van der Waals surface area contributed by atoms with Crippen molar-refractivity contribution in [3.8, 4) is 11.3 Å². The Balaban J connectivity index is 2.22. The molecule has 0 aliphatic carbocycles. The monoisotopic (exact) mass is 326 g/mol. The van der Waals surface area contributed by atoms with Gasteiger partial charge in [-0.15, -0.1) is 11.8 Å². The predicted molar refractivity (Wildman–Crippen MR) is 95.6 cm³/mol. The van der Waals surface area contributed by atoms with Crippen LogP contribution < -0.4 is 10.9 Å². The molecule has 1 aliphatic rings. The van der Waals surface area contributed by atoms with Crippen LogP contribution in [0.3, 0.4) is 0 Å². The summed E-state index contributed by atoms with van der Waals surface area (Å²) in [6.07, 6.45) is 6.83. The lowest BCUT2D eigenvalue weighted by atomic mass is 10.1. The van der Waals surface area contributed by atoms with E-state index in [0.29, 0.717) is 11.3 Å². The Morgan fingerprint density at radius 3 is 3.09 bits per heavy atom. The Labute approximate surface area is 139 Å². The Kier molecular flexibility index (Phi) is 4.34. The molecule has 3 rings (SSSR count). The van der Waals surface area contributed by atoms with Gasteiger partial charge in [0.1, 0.15) is 11.4 Å². The molecule has 0 bridgehead atoms. The number of aromatic nitrogens is 3. The van der Waals surface area contributed by atoms with Crippen molar-refractivity contribution in [2.45, 2.75) is 24.6 Å². The summed E-state index contributed by atoms with van der Waals surface area (Å²) in [5.41, 5.74) is 4.11. The van der Waals surface area contributed by atoms with E-state index in [0.717, 1.165) is 34.2 Å². The molecule has 0 saturated carbocycles. The molecule has 2 aromatic rings. The fraction of sp³-hybridized carbons (Fsp3) is 0.235. The van der Waals surface area contributed by atoms with Gasteiger partial charge >= 0.3 is 0 Å². The molecule has 0 fully saturated rings. The summed E-state index contributed by atoms with van der Waals surface area (Å²) in [5.74, 6) is 0.582. The first kappa shape index (κ1) is 15.6. The second kappa shape index (κ2) is 6.42. The smallest absolute Gasteiger partial charge is 0.262 e. The van der Waals surface area contributed by atoms with Gasteiger partial charge in [0.15, 0.2) is 0 Å². The SMILES string of the molecule is C=C/C=C(\C)n1cnc2c(c1=O)CSc1nccc(NCC)c1-2. The van der Waals surface area contributed by atoms with Crippen LogP contribution in [0.25, 0.3) is 17.0 Å². The highest BCUT2D eigenvalue weighted by atomic mass is 32.2. The van der Waals surface area contributed by atoms with Gasteiger partial charge in [0, 0.05) is 29.9 Å². The van der Waals surface area contributed by atoms with Gasteiger partial charge in [-0.1, -0.05) is 12.7 Å². The first-order valence-electron chi connectivity index (χ1n) is 7.43. The van der Waals surface area contributed by atoms with E-state index in [1.54, 1.807) is 41.0 Å². The molecular weight excluding hydrogens is 308 g/mol. The van der Waals surface area contributed by atoms with Gasteiger partial charge in [0.05, 0.1) is 16.8 Å². The molecule has 0 spiro atoms. The zero-order valence-corrected chi connectivity index (χ0v) is 14.0. The molecule has 5 nitrogen and oxygen atoms in total. The van der Waals surface area contributed by atoms with Crippen LogP contribution >= 0.6 is 11.8 Å². The average Bonchev–Trinajstić information content (AvgIpc) is 2.55. The van der Waals surface area contributed by atoms with Crippen molar-refractivity contribution in [3.63, 3.8) is 0 Å². The molecule has 3 heterocycles. The molecule has 0 radical (unpaired) electrons. The van der Waals surface area contributed by atoms with E-state index in [2.05, 4.69) is 21.9 Å². The predicted octanol–water partition coefficient (Wildman–Crippen LogP) is 3.39. The van der Waals surface area contributed by atoms with Crippen LogP contribution in [0.2, 0.25) is 0 Å². The Bertz CT molecular complexity index is 854. The van der Waals surface area contributed by atoms with Crippen molar-refractivity contribution >= 4 is 23.1 Å². The van der Waals surface area contributed by atoms with Crippen molar-refractivity contribution in [1.82, 2.24) is 14.5 Å². The number of fused-ring (bicyclic) bond motifs is 3. The second-order valence-corrected chi connectivity index (χ2v) is 6.11.